The zero-order valence-electron chi connectivity index (χ0n) is 19.9. The fourth-order valence-electron chi connectivity index (χ4n) is 4.63. The topological polar surface area (TPSA) is 66.8 Å². The van der Waals surface area contributed by atoms with E-state index in [1.54, 1.807) is 11.0 Å². The van der Waals surface area contributed by atoms with E-state index < -0.39 is 5.97 Å². The van der Waals surface area contributed by atoms with Crippen molar-refractivity contribution < 1.29 is 19.4 Å². The fraction of sp³-hybridized carbons (Fsp3) is 0.310. The number of hydrogen-bond acceptors (Lipinski definition) is 3. The lowest BCUT2D eigenvalue weighted by molar-refractivity contribution is -0.137. The number of carbonyl (C=O) groups excluding carboxylic acids is 1. The molecule has 1 unspecified atom stereocenters. The Morgan fingerprint density at radius 2 is 1.74 bits per heavy atom. The first-order valence-corrected chi connectivity index (χ1v) is 12.7. The van der Waals surface area contributed by atoms with Gasteiger partial charge in [0, 0.05) is 36.0 Å². The summed E-state index contributed by atoms with van der Waals surface area (Å²) in [6.45, 7) is 2.80. The maximum absolute atomic E-state index is 13.4. The molecule has 5 nitrogen and oxygen atoms in total. The third-order valence-corrected chi connectivity index (χ3v) is 6.87. The fourth-order valence-corrected chi connectivity index (χ4v) is 4.90. The van der Waals surface area contributed by atoms with Gasteiger partial charge < -0.3 is 14.7 Å². The lowest BCUT2D eigenvalue weighted by Crippen LogP contribution is -2.34. The van der Waals surface area contributed by atoms with E-state index >= 15 is 0 Å². The molecule has 182 valence electrons. The van der Waals surface area contributed by atoms with E-state index in [2.05, 4.69) is 47.1 Å². The van der Waals surface area contributed by atoms with Gasteiger partial charge in [-0.1, -0.05) is 58.4 Å². The van der Waals surface area contributed by atoms with E-state index in [0.717, 1.165) is 35.0 Å². The van der Waals surface area contributed by atoms with Crippen LogP contribution in [0, 0.1) is 0 Å². The van der Waals surface area contributed by atoms with Crippen LogP contribution in [-0.4, -0.2) is 40.6 Å². The van der Waals surface area contributed by atoms with Gasteiger partial charge in [-0.05, 0) is 66.8 Å². The van der Waals surface area contributed by atoms with E-state index in [-0.39, 0.29) is 24.5 Å². The normalized spacial score (nSPS) is 16.4. The summed E-state index contributed by atoms with van der Waals surface area (Å²) in [6, 6.07) is 23.9. The zero-order valence-corrected chi connectivity index (χ0v) is 21.5. The van der Waals surface area contributed by atoms with Crippen LogP contribution in [0.3, 0.4) is 0 Å². The second-order valence-corrected chi connectivity index (χ2v) is 10.3. The van der Waals surface area contributed by atoms with Crippen molar-refractivity contribution in [3.8, 4) is 5.75 Å². The molecule has 1 N–H and O–H groups in total. The number of halogens is 1. The van der Waals surface area contributed by atoms with E-state index in [1.165, 1.54) is 11.1 Å². The monoisotopic (exact) mass is 535 g/mol. The Morgan fingerprint density at radius 3 is 2.46 bits per heavy atom. The minimum atomic E-state index is -0.906. The minimum Gasteiger partial charge on any atom is -0.487 e. The summed E-state index contributed by atoms with van der Waals surface area (Å²) in [5, 5.41) is 9.18. The van der Waals surface area contributed by atoms with Gasteiger partial charge in [-0.15, -0.1) is 0 Å². The van der Waals surface area contributed by atoms with Crippen LogP contribution in [0.4, 0.5) is 0 Å². The zero-order chi connectivity index (χ0) is 24.8. The van der Waals surface area contributed by atoms with Gasteiger partial charge in [-0.3, -0.25) is 9.59 Å². The molecule has 6 heteroatoms. The third-order valence-electron chi connectivity index (χ3n) is 6.34. The summed E-state index contributed by atoms with van der Waals surface area (Å²) in [5.41, 5.74) is 3.61. The van der Waals surface area contributed by atoms with Crippen molar-refractivity contribution in [2.24, 2.45) is 0 Å². The highest BCUT2D eigenvalue weighted by atomic mass is 79.9. The average molecular weight is 536 g/mol. The molecule has 1 atom stereocenters. The van der Waals surface area contributed by atoms with E-state index in [0.29, 0.717) is 18.5 Å². The lowest BCUT2D eigenvalue weighted by Gasteiger charge is -2.24. The summed E-state index contributed by atoms with van der Waals surface area (Å²) in [7, 11) is 0. The molecule has 35 heavy (non-hydrogen) atoms. The van der Waals surface area contributed by atoms with Crippen molar-refractivity contribution in [3.63, 3.8) is 0 Å². The van der Waals surface area contributed by atoms with Crippen LogP contribution < -0.4 is 4.74 Å². The molecule has 1 aliphatic rings. The number of aliphatic carboxylic acids is 1. The molecule has 4 rings (SSSR count). The van der Waals surface area contributed by atoms with Gasteiger partial charge >= 0.3 is 5.97 Å². The number of aryl methyl sites for hydroxylation is 1. The van der Waals surface area contributed by atoms with Crippen LogP contribution in [0.5, 0.6) is 5.75 Å². The number of carbonyl (C=O) groups is 2. The smallest absolute Gasteiger partial charge is 0.305 e. The predicted molar refractivity (Wildman–Crippen MR) is 140 cm³/mol. The number of carboxylic acids is 1. The SMILES string of the molecule is CC1(Cc2ccc(Br)cc2)Cc2cc(C(=O)N(CCCc3ccccc3)CCC(=O)O)ccc2O1. The average Bonchev–Trinajstić information content (AvgIpc) is 3.17. The van der Waals surface area contributed by atoms with Crippen LogP contribution in [0.15, 0.2) is 77.3 Å². The van der Waals surface area contributed by atoms with Crippen molar-refractivity contribution in [3.05, 3.63) is 99.5 Å². The molecular formula is C29H30BrNO4. The van der Waals surface area contributed by atoms with Crippen molar-refractivity contribution >= 4 is 27.8 Å². The summed E-state index contributed by atoms with van der Waals surface area (Å²) in [4.78, 5) is 26.2. The molecule has 3 aromatic rings. The molecule has 0 saturated heterocycles. The molecule has 0 radical (unpaired) electrons. The Hall–Kier alpha value is -3.12. The number of hydrogen-bond donors (Lipinski definition) is 1. The highest BCUT2D eigenvalue weighted by Gasteiger charge is 2.35. The molecule has 3 aromatic carbocycles. The van der Waals surface area contributed by atoms with Gasteiger partial charge in [-0.25, -0.2) is 0 Å². The summed E-state index contributed by atoms with van der Waals surface area (Å²) < 4.78 is 7.35. The van der Waals surface area contributed by atoms with E-state index in [1.807, 2.05) is 42.5 Å². The number of carboxylic acid groups (broad SMARTS) is 1. The Labute approximate surface area is 214 Å². The lowest BCUT2D eigenvalue weighted by atomic mass is 9.91. The van der Waals surface area contributed by atoms with Crippen LogP contribution in [-0.2, 0) is 24.1 Å². The Bertz CT molecular complexity index is 1180. The molecule has 0 aromatic heterocycles. The van der Waals surface area contributed by atoms with Gasteiger partial charge in [0.25, 0.3) is 5.91 Å². The molecule has 1 aliphatic heterocycles. The number of amides is 1. The largest absolute Gasteiger partial charge is 0.487 e. The van der Waals surface area contributed by atoms with Gasteiger partial charge in [0.2, 0.25) is 0 Å². The van der Waals surface area contributed by atoms with Crippen LogP contribution in [0.1, 0.15) is 46.8 Å². The van der Waals surface area contributed by atoms with E-state index in [4.69, 9.17) is 4.74 Å². The van der Waals surface area contributed by atoms with Crippen molar-refractivity contribution in [2.45, 2.75) is 44.6 Å². The first kappa shape index (κ1) is 25.0. The van der Waals surface area contributed by atoms with Gasteiger partial charge in [0.05, 0.1) is 6.42 Å². The van der Waals surface area contributed by atoms with Gasteiger partial charge in [-0.2, -0.15) is 0 Å². The van der Waals surface area contributed by atoms with Crippen LogP contribution in [0.2, 0.25) is 0 Å². The molecule has 0 saturated carbocycles. The molecule has 0 spiro atoms. The second kappa shape index (κ2) is 11.1. The molecule has 1 amide bonds. The minimum absolute atomic E-state index is 0.0730. The number of fused-ring (bicyclic) bond motifs is 1. The Morgan fingerprint density at radius 1 is 1.00 bits per heavy atom. The highest BCUT2D eigenvalue weighted by Crippen LogP contribution is 2.37. The molecule has 0 bridgehead atoms. The third kappa shape index (κ3) is 6.73. The number of rotatable bonds is 10. The highest BCUT2D eigenvalue weighted by molar-refractivity contribution is 9.10. The van der Waals surface area contributed by atoms with Crippen molar-refractivity contribution in [1.29, 1.82) is 0 Å². The van der Waals surface area contributed by atoms with Gasteiger partial charge in [0.1, 0.15) is 11.4 Å². The second-order valence-electron chi connectivity index (χ2n) is 9.38. The standard InChI is InChI=1S/C29H30BrNO4/c1-29(19-22-9-12-25(30)13-10-22)20-24-18-23(11-14-26(24)35-29)28(34)31(17-15-27(32)33)16-5-8-21-6-3-2-4-7-21/h2-4,6-7,9-14,18H,5,8,15-17,19-20H2,1H3,(H,32,33). The molecule has 0 fully saturated rings. The Balaban J connectivity index is 1.44. The first-order chi connectivity index (χ1) is 16.8. The summed E-state index contributed by atoms with van der Waals surface area (Å²) in [6.07, 6.45) is 3.01. The number of nitrogens with zero attached hydrogens (tertiary/aromatic N) is 1. The summed E-state index contributed by atoms with van der Waals surface area (Å²) in [5.74, 6) is -0.233. The molecular weight excluding hydrogens is 506 g/mol. The van der Waals surface area contributed by atoms with Crippen molar-refractivity contribution in [1.82, 2.24) is 4.90 Å². The summed E-state index contributed by atoms with van der Waals surface area (Å²) >= 11 is 3.47. The predicted octanol–water partition coefficient (Wildman–Crippen LogP) is 5.94. The van der Waals surface area contributed by atoms with E-state index in [9.17, 15) is 14.7 Å². The van der Waals surface area contributed by atoms with Gasteiger partial charge in [0.15, 0.2) is 0 Å². The number of benzene rings is 3. The maximum atomic E-state index is 13.4. The van der Waals surface area contributed by atoms with Crippen LogP contribution >= 0.6 is 15.9 Å². The molecule has 0 aliphatic carbocycles. The number of ether oxygens (including phenoxy) is 1. The maximum Gasteiger partial charge on any atom is 0.305 e. The Kier molecular flexibility index (Phi) is 7.91. The first-order valence-electron chi connectivity index (χ1n) is 11.9. The van der Waals surface area contributed by atoms with Crippen LogP contribution in [0.25, 0.3) is 0 Å². The quantitative estimate of drug-likeness (QED) is 0.349. The molecule has 1 heterocycles. The van der Waals surface area contributed by atoms with Crippen molar-refractivity contribution in [2.75, 3.05) is 13.1 Å².